The van der Waals surface area contributed by atoms with Crippen LogP contribution in [0, 0.1) is 0 Å². The molecule has 1 aliphatic heterocycles. The number of amides is 1. The lowest BCUT2D eigenvalue weighted by Crippen LogP contribution is -2.33. The molecule has 0 spiro atoms. The van der Waals surface area contributed by atoms with Crippen LogP contribution in [0.3, 0.4) is 0 Å². The van der Waals surface area contributed by atoms with Crippen LogP contribution in [-0.4, -0.2) is 28.8 Å². The van der Waals surface area contributed by atoms with E-state index in [0.29, 0.717) is 23.7 Å². The van der Waals surface area contributed by atoms with Crippen LogP contribution in [0.1, 0.15) is 5.56 Å². The molecule has 1 amide bonds. The number of hydrogen-bond acceptors (Lipinski definition) is 5. The highest BCUT2D eigenvalue weighted by Gasteiger charge is 2.15. The van der Waals surface area contributed by atoms with Crippen LogP contribution in [0.15, 0.2) is 65.7 Å². The second kappa shape index (κ2) is 7.96. The lowest BCUT2D eigenvalue weighted by molar-refractivity contribution is -0.121. The molecule has 7 nitrogen and oxygen atoms in total. The Morgan fingerprint density at radius 2 is 1.89 bits per heavy atom. The van der Waals surface area contributed by atoms with Crippen molar-refractivity contribution in [2.75, 3.05) is 13.3 Å². The zero-order chi connectivity index (χ0) is 19.3. The molecule has 142 valence electrons. The summed E-state index contributed by atoms with van der Waals surface area (Å²) in [5.74, 6) is 1.07. The van der Waals surface area contributed by atoms with Gasteiger partial charge in [-0.1, -0.05) is 30.3 Å². The third kappa shape index (κ3) is 4.03. The molecule has 3 aromatic rings. The molecule has 0 bridgehead atoms. The Morgan fingerprint density at radius 3 is 2.71 bits per heavy atom. The van der Waals surface area contributed by atoms with E-state index in [0.717, 1.165) is 17.5 Å². The lowest BCUT2D eigenvalue weighted by atomic mass is 10.1. The van der Waals surface area contributed by atoms with E-state index in [2.05, 4.69) is 10.3 Å². The van der Waals surface area contributed by atoms with Crippen molar-refractivity contribution >= 4 is 5.91 Å². The third-order valence-electron chi connectivity index (χ3n) is 4.44. The second-order valence-electron chi connectivity index (χ2n) is 6.39. The van der Waals surface area contributed by atoms with Crippen LogP contribution in [-0.2, 0) is 17.8 Å². The summed E-state index contributed by atoms with van der Waals surface area (Å²) >= 11 is 0. The number of fused-ring (bicyclic) bond motifs is 1. The minimum atomic E-state index is -0.291. The molecule has 1 N–H and O–H groups in total. The van der Waals surface area contributed by atoms with E-state index in [1.54, 1.807) is 12.1 Å². The summed E-state index contributed by atoms with van der Waals surface area (Å²) in [7, 11) is 0. The van der Waals surface area contributed by atoms with Crippen molar-refractivity contribution in [1.29, 1.82) is 0 Å². The molecule has 7 heteroatoms. The van der Waals surface area contributed by atoms with Crippen molar-refractivity contribution in [1.82, 2.24) is 14.9 Å². The molecule has 0 saturated carbocycles. The number of rotatable bonds is 6. The molecular weight excluding hydrogens is 358 g/mol. The van der Waals surface area contributed by atoms with Crippen LogP contribution in [0.2, 0.25) is 0 Å². The zero-order valence-electron chi connectivity index (χ0n) is 15.1. The highest BCUT2D eigenvalue weighted by Crippen LogP contribution is 2.35. The van der Waals surface area contributed by atoms with E-state index in [-0.39, 0.29) is 24.8 Å². The summed E-state index contributed by atoms with van der Waals surface area (Å²) in [6, 6.07) is 16.7. The van der Waals surface area contributed by atoms with Crippen molar-refractivity contribution in [2.24, 2.45) is 0 Å². The maximum Gasteiger partial charge on any atom is 0.254 e. The Balaban J connectivity index is 1.38. The molecule has 1 aliphatic rings. The minimum Gasteiger partial charge on any atom is -0.454 e. The van der Waals surface area contributed by atoms with Gasteiger partial charge in [-0.25, -0.2) is 4.98 Å². The van der Waals surface area contributed by atoms with Crippen molar-refractivity contribution in [3.05, 3.63) is 76.8 Å². The summed E-state index contributed by atoms with van der Waals surface area (Å²) in [6.45, 7) is 0.634. The number of benzene rings is 2. The number of nitrogens with one attached hydrogen (secondary N) is 1. The maximum atomic E-state index is 12.4. The van der Waals surface area contributed by atoms with Gasteiger partial charge >= 0.3 is 0 Å². The molecule has 2 heterocycles. The Morgan fingerprint density at radius 1 is 1.07 bits per heavy atom. The van der Waals surface area contributed by atoms with E-state index in [9.17, 15) is 9.59 Å². The summed E-state index contributed by atoms with van der Waals surface area (Å²) in [5.41, 5.74) is 2.13. The topological polar surface area (TPSA) is 82.5 Å². The molecule has 0 radical (unpaired) electrons. The molecule has 0 atom stereocenters. The zero-order valence-corrected chi connectivity index (χ0v) is 15.1. The standard InChI is InChI=1S/C21H19N3O4/c25-20(22-9-8-15-4-2-1-3-5-15)12-24-13-23-17(11-21(24)26)16-6-7-18-19(10-16)28-14-27-18/h1-7,10-11,13H,8-9,12,14H2,(H,22,25). The smallest absolute Gasteiger partial charge is 0.254 e. The lowest BCUT2D eigenvalue weighted by Gasteiger charge is -2.08. The molecule has 2 aromatic carbocycles. The fourth-order valence-electron chi connectivity index (χ4n) is 2.96. The van der Waals surface area contributed by atoms with Gasteiger partial charge in [-0.05, 0) is 30.2 Å². The Hall–Kier alpha value is -3.61. The summed E-state index contributed by atoms with van der Waals surface area (Å²) in [4.78, 5) is 28.8. The average molecular weight is 377 g/mol. The summed E-state index contributed by atoms with van der Waals surface area (Å²) in [5, 5.41) is 2.82. The molecule has 4 rings (SSSR count). The highest BCUT2D eigenvalue weighted by molar-refractivity contribution is 5.75. The molecule has 28 heavy (non-hydrogen) atoms. The number of hydrogen-bond donors (Lipinski definition) is 1. The van der Waals surface area contributed by atoms with Gasteiger partial charge in [0.2, 0.25) is 12.7 Å². The van der Waals surface area contributed by atoms with Crippen LogP contribution < -0.4 is 20.3 Å². The summed E-state index contributed by atoms with van der Waals surface area (Å²) in [6.07, 6.45) is 2.13. The SMILES string of the molecule is O=C(Cn1cnc(-c2ccc3c(c2)OCO3)cc1=O)NCCc1ccccc1. The van der Waals surface area contributed by atoms with Gasteiger partial charge in [0.25, 0.3) is 5.56 Å². The van der Waals surface area contributed by atoms with E-state index >= 15 is 0 Å². The van der Waals surface area contributed by atoms with Gasteiger partial charge in [0.1, 0.15) is 6.54 Å². The monoisotopic (exact) mass is 377 g/mol. The van der Waals surface area contributed by atoms with Crippen LogP contribution >= 0.6 is 0 Å². The van der Waals surface area contributed by atoms with Gasteiger partial charge in [0.15, 0.2) is 11.5 Å². The quantitative estimate of drug-likeness (QED) is 0.711. The van der Waals surface area contributed by atoms with Gasteiger partial charge in [-0.2, -0.15) is 0 Å². The van der Waals surface area contributed by atoms with Gasteiger partial charge in [-0.3, -0.25) is 14.2 Å². The van der Waals surface area contributed by atoms with Crippen LogP contribution in [0.4, 0.5) is 0 Å². The maximum absolute atomic E-state index is 12.4. The number of ether oxygens (including phenoxy) is 2. The first-order valence-corrected chi connectivity index (χ1v) is 8.96. The molecule has 0 saturated heterocycles. The predicted octanol–water partition coefficient (Wildman–Crippen LogP) is 2.00. The van der Waals surface area contributed by atoms with E-state index in [4.69, 9.17) is 9.47 Å². The first kappa shape index (κ1) is 17.8. The van der Waals surface area contributed by atoms with E-state index in [1.807, 2.05) is 36.4 Å². The van der Waals surface area contributed by atoms with Crippen molar-refractivity contribution in [3.8, 4) is 22.8 Å². The van der Waals surface area contributed by atoms with Crippen molar-refractivity contribution < 1.29 is 14.3 Å². The van der Waals surface area contributed by atoms with Gasteiger partial charge < -0.3 is 14.8 Å². The molecule has 0 fully saturated rings. The van der Waals surface area contributed by atoms with Gasteiger partial charge in [-0.15, -0.1) is 0 Å². The number of nitrogens with zero attached hydrogens (tertiary/aromatic N) is 2. The second-order valence-corrected chi connectivity index (χ2v) is 6.39. The average Bonchev–Trinajstić information content (AvgIpc) is 3.18. The number of aromatic nitrogens is 2. The first-order valence-electron chi connectivity index (χ1n) is 8.96. The molecule has 0 aliphatic carbocycles. The summed E-state index contributed by atoms with van der Waals surface area (Å²) < 4.78 is 11.9. The molecule has 1 aromatic heterocycles. The van der Waals surface area contributed by atoms with Crippen molar-refractivity contribution in [2.45, 2.75) is 13.0 Å². The molecular formula is C21H19N3O4. The first-order chi connectivity index (χ1) is 13.7. The predicted molar refractivity (Wildman–Crippen MR) is 103 cm³/mol. The Bertz CT molecular complexity index is 1050. The van der Waals surface area contributed by atoms with E-state index in [1.165, 1.54) is 17.0 Å². The largest absolute Gasteiger partial charge is 0.454 e. The normalized spacial score (nSPS) is 12.0. The van der Waals surface area contributed by atoms with E-state index < -0.39 is 0 Å². The van der Waals surface area contributed by atoms with Crippen LogP contribution in [0.5, 0.6) is 11.5 Å². The fourth-order valence-corrected chi connectivity index (χ4v) is 2.96. The fraction of sp³-hybridized carbons (Fsp3) is 0.190. The highest BCUT2D eigenvalue weighted by atomic mass is 16.7. The van der Waals surface area contributed by atoms with Crippen LogP contribution in [0.25, 0.3) is 11.3 Å². The Labute approximate surface area is 161 Å². The van der Waals surface area contributed by atoms with Gasteiger partial charge in [0, 0.05) is 18.2 Å². The Kier molecular flexibility index (Phi) is 5.05. The number of carbonyl (C=O) groups excluding carboxylic acids is 1. The minimum absolute atomic E-state index is 0.0674. The van der Waals surface area contributed by atoms with Gasteiger partial charge in [0.05, 0.1) is 12.0 Å². The van der Waals surface area contributed by atoms with Crippen molar-refractivity contribution in [3.63, 3.8) is 0 Å². The third-order valence-corrected chi connectivity index (χ3v) is 4.44. The molecule has 0 unspecified atom stereocenters. The number of carbonyl (C=O) groups is 1.